The second-order valence-electron chi connectivity index (χ2n) is 4.74. The topological polar surface area (TPSA) is 46.6 Å². The van der Waals surface area contributed by atoms with Crippen molar-refractivity contribution in [2.45, 2.75) is 18.2 Å². The lowest BCUT2D eigenvalue weighted by atomic mass is 10.1. The zero-order valence-corrected chi connectivity index (χ0v) is 14.6. The highest BCUT2D eigenvalue weighted by atomic mass is 35.5. The summed E-state index contributed by atoms with van der Waals surface area (Å²) in [7, 11) is 1.17. The van der Waals surface area contributed by atoms with Crippen LogP contribution >= 0.6 is 46.4 Å². The van der Waals surface area contributed by atoms with Crippen LogP contribution in [-0.4, -0.2) is 23.9 Å². The number of hydrogen-bond acceptors (Lipinski definition) is 3. The van der Waals surface area contributed by atoms with Crippen molar-refractivity contribution in [1.82, 2.24) is 0 Å². The molecule has 118 valence electrons. The molecule has 0 aliphatic carbocycles. The van der Waals surface area contributed by atoms with Gasteiger partial charge in [0, 0.05) is 5.02 Å². The lowest BCUT2D eigenvalue weighted by molar-refractivity contribution is -0.143. The second-order valence-corrected chi connectivity index (χ2v) is 6.77. The SMILES string of the molecule is COC(=O)C1(Cl)CC(=O)N(c2cc(Cl)ccc2C)C1=C(Cl)Cl. The smallest absolute Gasteiger partial charge is 0.333 e. The van der Waals surface area contributed by atoms with Crippen molar-refractivity contribution < 1.29 is 14.3 Å². The average molecular weight is 383 g/mol. The number of hydrogen-bond donors (Lipinski definition) is 0. The fourth-order valence-corrected chi connectivity index (χ4v) is 3.44. The number of anilines is 1. The summed E-state index contributed by atoms with van der Waals surface area (Å²) in [4.78, 5) is 23.9. The molecular weight excluding hydrogens is 372 g/mol. The Hall–Kier alpha value is -0.940. The molecule has 1 aliphatic heterocycles. The number of nitrogens with zero attached hydrogens (tertiary/aromatic N) is 1. The van der Waals surface area contributed by atoms with Crippen molar-refractivity contribution in [3.8, 4) is 0 Å². The molecule has 22 heavy (non-hydrogen) atoms. The van der Waals surface area contributed by atoms with E-state index in [1.54, 1.807) is 25.1 Å². The molecule has 0 N–H and O–H groups in total. The maximum absolute atomic E-state index is 12.4. The number of ether oxygens (including phenoxy) is 1. The molecule has 0 aromatic heterocycles. The molecule has 1 aromatic carbocycles. The third-order valence-corrected chi connectivity index (χ3v) is 4.40. The zero-order chi connectivity index (χ0) is 16.7. The summed E-state index contributed by atoms with van der Waals surface area (Å²) in [6.07, 6.45) is -0.314. The quantitative estimate of drug-likeness (QED) is 0.569. The van der Waals surface area contributed by atoms with Gasteiger partial charge < -0.3 is 4.74 Å². The van der Waals surface area contributed by atoms with Gasteiger partial charge in [-0.05, 0) is 24.6 Å². The van der Waals surface area contributed by atoms with Crippen LogP contribution in [0.2, 0.25) is 5.02 Å². The molecule has 0 bridgehead atoms. The predicted molar refractivity (Wildman–Crippen MR) is 87.6 cm³/mol. The molecule has 4 nitrogen and oxygen atoms in total. The number of methoxy groups -OCH3 is 1. The number of carbonyl (C=O) groups is 2. The van der Waals surface area contributed by atoms with Gasteiger partial charge in [-0.2, -0.15) is 0 Å². The molecule has 1 heterocycles. The van der Waals surface area contributed by atoms with Crippen LogP contribution in [-0.2, 0) is 14.3 Å². The van der Waals surface area contributed by atoms with Crippen molar-refractivity contribution in [3.63, 3.8) is 0 Å². The summed E-state index contributed by atoms with van der Waals surface area (Å²) in [5, 5.41) is 0.420. The van der Waals surface area contributed by atoms with Crippen LogP contribution in [0.3, 0.4) is 0 Å². The first-order valence-corrected chi connectivity index (χ1v) is 7.65. The zero-order valence-electron chi connectivity index (χ0n) is 11.6. The first-order chi connectivity index (χ1) is 10.2. The minimum atomic E-state index is -1.76. The molecule has 0 spiro atoms. The van der Waals surface area contributed by atoms with E-state index in [9.17, 15) is 9.59 Å². The van der Waals surface area contributed by atoms with E-state index in [0.29, 0.717) is 10.7 Å². The molecule has 1 aromatic rings. The van der Waals surface area contributed by atoms with Gasteiger partial charge in [-0.15, -0.1) is 0 Å². The van der Waals surface area contributed by atoms with Crippen molar-refractivity contribution in [2.75, 3.05) is 12.0 Å². The summed E-state index contributed by atoms with van der Waals surface area (Å²) in [5.41, 5.74) is 1.17. The van der Waals surface area contributed by atoms with Gasteiger partial charge >= 0.3 is 5.97 Å². The van der Waals surface area contributed by atoms with Crippen molar-refractivity contribution in [1.29, 1.82) is 0 Å². The van der Waals surface area contributed by atoms with Crippen LogP contribution in [0.4, 0.5) is 5.69 Å². The van der Waals surface area contributed by atoms with Crippen LogP contribution in [0.5, 0.6) is 0 Å². The summed E-state index contributed by atoms with van der Waals surface area (Å²) >= 11 is 24.1. The first-order valence-electron chi connectivity index (χ1n) is 6.14. The minimum Gasteiger partial charge on any atom is -0.467 e. The average Bonchev–Trinajstić information content (AvgIpc) is 2.72. The highest BCUT2D eigenvalue weighted by molar-refractivity contribution is 6.58. The van der Waals surface area contributed by atoms with Crippen LogP contribution in [0.25, 0.3) is 0 Å². The Bertz CT molecular complexity index is 685. The highest BCUT2D eigenvalue weighted by Crippen LogP contribution is 2.46. The fraction of sp³-hybridized carbons (Fsp3) is 0.286. The summed E-state index contributed by atoms with van der Waals surface area (Å²) in [6.45, 7) is 1.78. The Balaban J connectivity index is 2.66. The highest BCUT2D eigenvalue weighted by Gasteiger charge is 2.55. The van der Waals surface area contributed by atoms with Gasteiger partial charge in [0.15, 0.2) is 4.87 Å². The lowest BCUT2D eigenvalue weighted by Crippen LogP contribution is -2.35. The third kappa shape index (κ3) is 2.81. The Kier molecular flexibility index (Phi) is 4.97. The number of rotatable bonds is 2. The lowest BCUT2D eigenvalue weighted by Gasteiger charge is -2.25. The largest absolute Gasteiger partial charge is 0.467 e. The molecule has 2 rings (SSSR count). The van der Waals surface area contributed by atoms with Gasteiger partial charge in [-0.3, -0.25) is 9.69 Å². The van der Waals surface area contributed by atoms with E-state index < -0.39 is 16.8 Å². The summed E-state index contributed by atoms with van der Waals surface area (Å²) in [5.74, 6) is -1.24. The summed E-state index contributed by atoms with van der Waals surface area (Å²) in [6, 6.07) is 4.99. The van der Waals surface area contributed by atoms with Crippen molar-refractivity contribution >= 4 is 64.0 Å². The van der Waals surface area contributed by atoms with E-state index in [1.165, 1.54) is 12.0 Å². The van der Waals surface area contributed by atoms with Gasteiger partial charge in [0.25, 0.3) is 0 Å². The van der Waals surface area contributed by atoms with Gasteiger partial charge in [0.05, 0.1) is 24.9 Å². The molecule has 1 atom stereocenters. The first kappa shape index (κ1) is 17.4. The standard InChI is InChI=1S/C14H11Cl4NO3/c1-7-3-4-8(15)5-9(7)19-10(20)6-14(18,13(21)22-2)11(19)12(16)17/h3-5H,6H2,1-2H3. The van der Waals surface area contributed by atoms with E-state index in [2.05, 4.69) is 4.74 Å². The number of carbonyl (C=O) groups excluding carboxylic acids is 2. The van der Waals surface area contributed by atoms with Crippen molar-refractivity contribution in [3.05, 3.63) is 39.0 Å². The Morgan fingerprint density at radius 2 is 2.00 bits per heavy atom. The normalized spacial score (nSPS) is 21.3. The van der Waals surface area contributed by atoms with E-state index in [0.717, 1.165) is 5.56 Å². The van der Waals surface area contributed by atoms with E-state index >= 15 is 0 Å². The Morgan fingerprint density at radius 3 is 2.55 bits per heavy atom. The molecular formula is C14H11Cl4NO3. The fourth-order valence-electron chi connectivity index (χ4n) is 2.32. The number of benzene rings is 1. The Labute approximate surface area is 147 Å². The molecule has 1 unspecified atom stereocenters. The molecule has 1 amide bonds. The van der Waals surface area contributed by atoms with Crippen LogP contribution in [0, 0.1) is 6.92 Å². The van der Waals surface area contributed by atoms with Crippen LogP contribution in [0.1, 0.15) is 12.0 Å². The third-order valence-electron chi connectivity index (χ3n) is 3.34. The molecule has 0 saturated carbocycles. The van der Waals surface area contributed by atoms with Gasteiger partial charge in [0.1, 0.15) is 4.49 Å². The number of alkyl halides is 1. The molecule has 1 aliphatic rings. The molecule has 1 fully saturated rings. The van der Waals surface area contributed by atoms with E-state index in [4.69, 9.17) is 46.4 Å². The molecule has 8 heteroatoms. The maximum atomic E-state index is 12.4. The second kappa shape index (κ2) is 6.28. The Morgan fingerprint density at radius 1 is 1.36 bits per heavy atom. The predicted octanol–water partition coefficient (Wildman–Crippen LogP) is 4.18. The number of esters is 1. The number of amides is 1. The van der Waals surface area contributed by atoms with Crippen LogP contribution < -0.4 is 4.90 Å². The van der Waals surface area contributed by atoms with Crippen LogP contribution in [0.15, 0.2) is 28.4 Å². The molecule has 1 saturated heterocycles. The van der Waals surface area contributed by atoms with Crippen molar-refractivity contribution in [2.24, 2.45) is 0 Å². The van der Waals surface area contributed by atoms with Gasteiger partial charge in [-0.1, -0.05) is 52.5 Å². The summed E-state index contributed by atoms with van der Waals surface area (Å²) < 4.78 is 4.39. The van der Waals surface area contributed by atoms with E-state index in [1.807, 2.05) is 0 Å². The number of halogens is 4. The maximum Gasteiger partial charge on any atom is 0.333 e. The minimum absolute atomic E-state index is 0.0280. The number of aryl methyl sites for hydroxylation is 1. The van der Waals surface area contributed by atoms with Gasteiger partial charge in [0.2, 0.25) is 5.91 Å². The van der Waals surface area contributed by atoms with Gasteiger partial charge in [-0.25, -0.2) is 4.79 Å². The molecule has 0 radical (unpaired) electrons. The monoisotopic (exact) mass is 381 g/mol. The van der Waals surface area contributed by atoms with E-state index in [-0.39, 0.29) is 16.6 Å².